The third-order valence-electron chi connectivity index (χ3n) is 3.79. The smallest absolute Gasteiger partial charge is 0.0906 e. The Labute approximate surface area is 109 Å². The lowest BCUT2D eigenvalue weighted by Gasteiger charge is -2.40. The van der Waals surface area contributed by atoms with Gasteiger partial charge in [0.15, 0.2) is 0 Å². The van der Waals surface area contributed by atoms with Crippen molar-refractivity contribution in [1.82, 2.24) is 10.2 Å². The van der Waals surface area contributed by atoms with Gasteiger partial charge in [0, 0.05) is 31.7 Å². The van der Waals surface area contributed by atoms with Gasteiger partial charge in [-0.2, -0.15) is 0 Å². The van der Waals surface area contributed by atoms with Crippen molar-refractivity contribution >= 4 is 0 Å². The van der Waals surface area contributed by atoms with Crippen molar-refractivity contribution in [3.8, 4) is 0 Å². The van der Waals surface area contributed by atoms with Crippen LogP contribution in [0.3, 0.4) is 0 Å². The van der Waals surface area contributed by atoms with E-state index in [1.54, 1.807) is 0 Å². The number of nitrogens with one attached hydrogen (secondary N) is 1. The SMILES string of the molecule is CCC1CNC(c2ccccc2)CN1CCCF. The van der Waals surface area contributed by atoms with Gasteiger partial charge in [-0.15, -0.1) is 0 Å². The van der Waals surface area contributed by atoms with Crippen molar-refractivity contribution in [2.45, 2.75) is 31.8 Å². The second-order valence-electron chi connectivity index (χ2n) is 4.97. The Morgan fingerprint density at radius 2 is 2.11 bits per heavy atom. The Morgan fingerprint density at radius 1 is 1.33 bits per heavy atom. The largest absolute Gasteiger partial charge is 0.307 e. The molecular formula is C15H23FN2. The van der Waals surface area contributed by atoms with E-state index in [2.05, 4.69) is 41.4 Å². The summed E-state index contributed by atoms with van der Waals surface area (Å²) in [7, 11) is 0. The van der Waals surface area contributed by atoms with Crippen LogP contribution in [0, 0.1) is 0 Å². The van der Waals surface area contributed by atoms with Crippen LogP contribution in [0.5, 0.6) is 0 Å². The van der Waals surface area contributed by atoms with Crippen LogP contribution in [0.2, 0.25) is 0 Å². The van der Waals surface area contributed by atoms with Crippen LogP contribution in [-0.2, 0) is 0 Å². The van der Waals surface area contributed by atoms with Crippen molar-refractivity contribution in [3.63, 3.8) is 0 Å². The topological polar surface area (TPSA) is 15.3 Å². The zero-order valence-electron chi connectivity index (χ0n) is 11.1. The van der Waals surface area contributed by atoms with Crippen molar-refractivity contribution in [2.24, 2.45) is 0 Å². The molecule has 0 aliphatic carbocycles. The zero-order valence-corrected chi connectivity index (χ0v) is 11.1. The molecule has 2 atom stereocenters. The molecule has 3 heteroatoms. The number of halogens is 1. The standard InChI is InChI=1S/C15H23FN2/c1-2-14-11-17-15(12-18(14)10-6-9-16)13-7-4-3-5-8-13/h3-5,7-8,14-15,17H,2,6,9-12H2,1H3. The molecule has 1 aromatic carbocycles. The maximum absolute atomic E-state index is 12.4. The molecule has 2 rings (SSSR count). The summed E-state index contributed by atoms with van der Waals surface area (Å²) in [6.45, 7) is 4.86. The summed E-state index contributed by atoms with van der Waals surface area (Å²) in [4.78, 5) is 2.44. The fourth-order valence-corrected chi connectivity index (χ4v) is 2.70. The number of rotatable bonds is 5. The van der Waals surface area contributed by atoms with E-state index in [4.69, 9.17) is 0 Å². The highest BCUT2D eigenvalue weighted by Crippen LogP contribution is 2.21. The molecule has 1 aliphatic heterocycles. The Balaban J connectivity index is 2.00. The van der Waals surface area contributed by atoms with Crippen molar-refractivity contribution in [2.75, 3.05) is 26.3 Å². The summed E-state index contributed by atoms with van der Waals surface area (Å²) in [5, 5.41) is 3.61. The van der Waals surface area contributed by atoms with Gasteiger partial charge in [0.25, 0.3) is 0 Å². The fraction of sp³-hybridized carbons (Fsp3) is 0.600. The van der Waals surface area contributed by atoms with Crippen LogP contribution in [0.25, 0.3) is 0 Å². The molecule has 0 aromatic heterocycles. The van der Waals surface area contributed by atoms with Gasteiger partial charge >= 0.3 is 0 Å². The molecule has 1 aromatic rings. The van der Waals surface area contributed by atoms with E-state index < -0.39 is 0 Å². The third kappa shape index (κ3) is 3.30. The van der Waals surface area contributed by atoms with Gasteiger partial charge in [-0.05, 0) is 18.4 Å². The number of piperazine rings is 1. The molecule has 0 amide bonds. The average Bonchev–Trinajstić information content (AvgIpc) is 2.45. The van der Waals surface area contributed by atoms with Gasteiger partial charge in [-0.3, -0.25) is 9.29 Å². The summed E-state index contributed by atoms with van der Waals surface area (Å²) in [6.07, 6.45) is 1.78. The van der Waals surface area contributed by atoms with Gasteiger partial charge < -0.3 is 5.32 Å². The molecule has 1 saturated heterocycles. The molecule has 1 fully saturated rings. The van der Waals surface area contributed by atoms with Crippen molar-refractivity contribution in [1.29, 1.82) is 0 Å². The minimum absolute atomic E-state index is 0.212. The third-order valence-corrected chi connectivity index (χ3v) is 3.79. The summed E-state index contributed by atoms with van der Waals surface area (Å²) in [5.74, 6) is 0. The fourth-order valence-electron chi connectivity index (χ4n) is 2.70. The van der Waals surface area contributed by atoms with E-state index >= 15 is 0 Å². The number of nitrogens with zero attached hydrogens (tertiary/aromatic N) is 1. The van der Waals surface area contributed by atoms with Crippen molar-refractivity contribution in [3.05, 3.63) is 35.9 Å². The van der Waals surface area contributed by atoms with Crippen LogP contribution in [0.4, 0.5) is 4.39 Å². The molecule has 100 valence electrons. The first-order valence-electron chi connectivity index (χ1n) is 6.93. The summed E-state index contributed by atoms with van der Waals surface area (Å²) < 4.78 is 12.4. The molecule has 1 N–H and O–H groups in total. The lowest BCUT2D eigenvalue weighted by atomic mass is 10.0. The van der Waals surface area contributed by atoms with Crippen LogP contribution in [-0.4, -0.2) is 37.3 Å². The predicted octanol–water partition coefficient (Wildman–Crippen LogP) is 2.77. The Kier molecular flexibility index (Phi) is 5.14. The summed E-state index contributed by atoms with van der Waals surface area (Å²) in [6, 6.07) is 11.5. The number of hydrogen-bond donors (Lipinski definition) is 1. The van der Waals surface area contributed by atoms with Crippen LogP contribution in [0.15, 0.2) is 30.3 Å². The zero-order chi connectivity index (χ0) is 12.8. The average molecular weight is 250 g/mol. The summed E-state index contributed by atoms with van der Waals surface area (Å²) >= 11 is 0. The maximum Gasteiger partial charge on any atom is 0.0906 e. The normalized spacial score (nSPS) is 25.2. The van der Waals surface area contributed by atoms with E-state index in [1.165, 1.54) is 5.56 Å². The van der Waals surface area contributed by atoms with Gasteiger partial charge in [0.1, 0.15) is 0 Å². The first kappa shape index (κ1) is 13.5. The van der Waals surface area contributed by atoms with Gasteiger partial charge in [-0.1, -0.05) is 37.3 Å². The first-order chi connectivity index (χ1) is 8.85. The van der Waals surface area contributed by atoms with E-state index in [0.29, 0.717) is 18.5 Å². The minimum Gasteiger partial charge on any atom is -0.307 e. The molecule has 1 heterocycles. The monoisotopic (exact) mass is 250 g/mol. The van der Waals surface area contributed by atoms with E-state index in [1.807, 2.05) is 6.07 Å². The number of benzene rings is 1. The van der Waals surface area contributed by atoms with Crippen molar-refractivity contribution < 1.29 is 4.39 Å². The first-order valence-corrected chi connectivity index (χ1v) is 6.93. The molecule has 2 unspecified atom stereocenters. The molecule has 0 spiro atoms. The van der Waals surface area contributed by atoms with Gasteiger partial charge in [0.05, 0.1) is 6.67 Å². The molecule has 0 bridgehead atoms. The highest BCUT2D eigenvalue weighted by Gasteiger charge is 2.26. The second kappa shape index (κ2) is 6.86. The van der Waals surface area contributed by atoms with E-state index in [0.717, 1.165) is 26.1 Å². The number of alkyl halides is 1. The molecule has 1 aliphatic rings. The second-order valence-corrected chi connectivity index (χ2v) is 4.97. The molecule has 0 radical (unpaired) electrons. The lowest BCUT2D eigenvalue weighted by Crippen LogP contribution is -2.52. The van der Waals surface area contributed by atoms with E-state index in [-0.39, 0.29) is 6.67 Å². The lowest BCUT2D eigenvalue weighted by molar-refractivity contribution is 0.122. The predicted molar refractivity (Wildman–Crippen MR) is 73.4 cm³/mol. The molecule has 2 nitrogen and oxygen atoms in total. The molecular weight excluding hydrogens is 227 g/mol. The summed E-state index contributed by atoms with van der Waals surface area (Å²) in [5.41, 5.74) is 1.33. The highest BCUT2D eigenvalue weighted by molar-refractivity contribution is 5.20. The molecule has 18 heavy (non-hydrogen) atoms. The van der Waals surface area contributed by atoms with Crippen LogP contribution >= 0.6 is 0 Å². The van der Waals surface area contributed by atoms with Crippen LogP contribution in [0.1, 0.15) is 31.4 Å². The van der Waals surface area contributed by atoms with Gasteiger partial charge in [-0.25, -0.2) is 0 Å². The maximum atomic E-state index is 12.4. The Hall–Kier alpha value is -0.930. The quantitative estimate of drug-likeness (QED) is 0.864. The van der Waals surface area contributed by atoms with E-state index in [9.17, 15) is 4.39 Å². The van der Waals surface area contributed by atoms with Gasteiger partial charge in [0.2, 0.25) is 0 Å². The Morgan fingerprint density at radius 3 is 2.78 bits per heavy atom. The number of hydrogen-bond acceptors (Lipinski definition) is 2. The molecule has 0 saturated carbocycles. The van der Waals surface area contributed by atoms with Crippen LogP contribution < -0.4 is 5.32 Å². The minimum atomic E-state index is -0.212. The Bertz CT molecular complexity index is 342. The highest BCUT2D eigenvalue weighted by atomic mass is 19.1.